The predicted octanol–water partition coefficient (Wildman–Crippen LogP) is 14.2. The van der Waals surface area contributed by atoms with Crippen molar-refractivity contribution in [3.63, 3.8) is 0 Å². The predicted molar refractivity (Wildman–Crippen MR) is 216 cm³/mol. The van der Waals surface area contributed by atoms with Crippen LogP contribution in [-0.2, 0) is 0 Å². The van der Waals surface area contributed by atoms with Gasteiger partial charge in [-0.05, 0) is 83.4 Å². The summed E-state index contributed by atoms with van der Waals surface area (Å²) in [7, 11) is 0. The molecule has 0 spiro atoms. The molecule has 1 heterocycles. The molecule has 0 N–H and O–H groups in total. The number of rotatable bonds is 5. The minimum atomic E-state index is 0.882. The van der Waals surface area contributed by atoms with E-state index >= 15 is 0 Å². The maximum Gasteiger partial charge on any atom is 0.143 e. The van der Waals surface area contributed by atoms with Crippen molar-refractivity contribution in [2.75, 3.05) is 0 Å². The minimum absolute atomic E-state index is 0.882. The summed E-state index contributed by atoms with van der Waals surface area (Å²) in [6.45, 7) is 0. The van der Waals surface area contributed by atoms with E-state index in [4.69, 9.17) is 4.42 Å². The third-order valence-electron chi connectivity index (χ3n) is 10.3. The van der Waals surface area contributed by atoms with Crippen molar-refractivity contribution in [3.05, 3.63) is 194 Å². The van der Waals surface area contributed by atoms with Gasteiger partial charge in [0.25, 0.3) is 0 Å². The Hall–Kier alpha value is -6.70. The molecule has 0 amide bonds. The van der Waals surface area contributed by atoms with Crippen LogP contribution in [0.1, 0.15) is 0 Å². The first-order valence-corrected chi connectivity index (χ1v) is 17.5. The van der Waals surface area contributed by atoms with E-state index < -0.39 is 0 Å². The van der Waals surface area contributed by atoms with Gasteiger partial charge in [0.2, 0.25) is 0 Å². The van der Waals surface area contributed by atoms with Crippen molar-refractivity contribution >= 4 is 43.3 Å². The quantitative estimate of drug-likeness (QED) is 0.169. The van der Waals surface area contributed by atoms with Gasteiger partial charge in [0.15, 0.2) is 0 Å². The summed E-state index contributed by atoms with van der Waals surface area (Å²) < 4.78 is 6.84. The molecule has 0 unspecified atom stereocenters. The Labute approximate surface area is 296 Å². The molecule has 10 aromatic rings. The van der Waals surface area contributed by atoms with Crippen LogP contribution in [0, 0.1) is 0 Å². The molecule has 0 bridgehead atoms. The number of fused-ring (bicyclic) bond motifs is 5. The Balaban J connectivity index is 1.18. The molecule has 0 saturated heterocycles. The van der Waals surface area contributed by atoms with E-state index in [2.05, 4.69) is 194 Å². The fourth-order valence-electron chi connectivity index (χ4n) is 7.98. The fourth-order valence-corrected chi connectivity index (χ4v) is 7.98. The first kappa shape index (κ1) is 29.2. The summed E-state index contributed by atoms with van der Waals surface area (Å²) in [5.41, 5.74) is 11.5. The molecule has 0 aliphatic heterocycles. The van der Waals surface area contributed by atoms with Gasteiger partial charge in [-0.25, -0.2) is 0 Å². The van der Waals surface area contributed by atoms with E-state index in [1.54, 1.807) is 0 Å². The molecule has 9 aromatic carbocycles. The van der Waals surface area contributed by atoms with E-state index in [1.807, 2.05) is 0 Å². The normalized spacial score (nSPS) is 11.5. The molecule has 1 heteroatoms. The van der Waals surface area contributed by atoms with Crippen LogP contribution in [0.2, 0.25) is 0 Å². The highest BCUT2D eigenvalue weighted by atomic mass is 16.3. The van der Waals surface area contributed by atoms with Crippen molar-refractivity contribution in [1.29, 1.82) is 0 Å². The van der Waals surface area contributed by atoms with Gasteiger partial charge in [0.1, 0.15) is 11.3 Å². The molecule has 0 radical (unpaired) electrons. The highest BCUT2D eigenvalue weighted by Gasteiger charge is 2.21. The first-order valence-electron chi connectivity index (χ1n) is 17.5. The van der Waals surface area contributed by atoms with E-state index in [1.165, 1.54) is 65.7 Å². The highest BCUT2D eigenvalue weighted by molar-refractivity contribution is 6.21. The topological polar surface area (TPSA) is 13.1 Å². The maximum atomic E-state index is 6.84. The highest BCUT2D eigenvalue weighted by Crippen LogP contribution is 2.47. The van der Waals surface area contributed by atoms with Gasteiger partial charge in [-0.3, -0.25) is 0 Å². The average Bonchev–Trinajstić information content (AvgIpc) is 3.61. The van der Waals surface area contributed by atoms with Gasteiger partial charge in [0, 0.05) is 16.5 Å². The van der Waals surface area contributed by atoms with Gasteiger partial charge in [-0.1, -0.05) is 182 Å². The van der Waals surface area contributed by atoms with E-state index in [0.29, 0.717) is 0 Å². The summed E-state index contributed by atoms with van der Waals surface area (Å²) in [5.74, 6) is 0.882. The molecule has 10 rings (SSSR count). The minimum Gasteiger partial charge on any atom is -0.455 e. The van der Waals surface area contributed by atoms with Crippen LogP contribution in [-0.4, -0.2) is 0 Å². The Morgan fingerprint density at radius 3 is 1.37 bits per heavy atom. The lowest BCUT2D eigenvalue weighted by Gasteiger charge is -2.18. The second-order valence-electron chi connectivity index (χ2n) is 13.2. The van der Waals surface area contributed by atoms with Crippen molar-refractivity contribution in [2.45, 2.75) is 0 Å². The van der Waals surface area contributed by atoms with Crippen LogP contribution in [0.3, 0.4) is 0 Å². The zero-order valence-electron chi connectivity index (χ0n) is 27.9. The molecule has 1 nitrogen and oxygen atoms in total. The monoisotopic (exact) mass is 648 g/mol. The summed E-state index contributed by atoms with van der Waals surface area (Å²) in [6, 6.07) is 69.7. The zero-order chi connectivity index (χ0) is 33.7. The second kappa shape index (κ2) is 12.0. The van der Waals surface area contributed by atoms with Crippen LogP contribution in [0.25, 0.3) is 99.1 Å². The van der Waals surface area contributed by atoms with Crippen molar-refractivity contribution < 1.29 is 4.42 Å². The molecule has 0 aliphatic carbocycles. The van der Waals surface area contributed by atoms with Crippen molar-refractivity contribution in [3.8, 4) is 55.8 Å². The molecule has 0 fully saturated rings. The second-order valence-corrected chi connectivity index (χ2v) is 13.2. The summed E-state index contributed by atoms with van der Waals surface area (Å²) >= 11 is 0. The van der Waals surface area contributed by atoms with Gasteiger partial charge in [0.05, 0.1) is 0 Å². The average molecular weight is 649 g/mol. The molecule has 0 saturated carbocycles. The lowest BCUT2D eigenvalue weighted by molar-refractivity contribution is 0.632. The summed E-state index contributed by atoms with van der Waals surface area (Å²) in [6.07, 6.45) is 0. The molecule has 51 heavy (non-hydrogen) atoms. The number of hydrogen-bond acceptors (Lipinski definition) is 1. The zero-order valence-corrected chi connectivity index (χ0v) is 27.9. The standard InChI is InChI=1S/C50H32O/c1-3-14-33(15-4-1)38-19-13-20-39(32-38)48-49-40-21-8-7-16-34(40)30-31-45(49)51-50(48)37-28-26-36(27-29-37)47-43-24-11-9-22-41(43)46(35-17-5-2-6-18-35)42-23-10-12-25-44(42)47/h1-32H. The van der Waals surface area contributed by atoms with Crippen LogP contribution < -0.4 is 0 Å². The SMILES string of the molecule is c1ccc(-c2cccc(-c3c(-c4ccc(-c5c6ccccc6c(-c6ccccc6)c6ccccc56)cc4)oc4ccc5ccccc5c34)c2)cc1. The van der Waals surface area contributed by atoms with Crippen LogP contribution in [0.15, 0.2) is 199 Å². The first-order chi connectivity index (χ1) is 25.3. The Bertz CT molecular complexity index is 2820. The lowest BCUT2D eigenvalue weighted by Crippen LogP contribution is -1.90. The summed E-state index contributed by atoms with van der Waals surface area (Å²) in [4.78, 5) is 0. The molecular formula is C50H32O. The molecule has 0 atom stereocenters. The largest absolute Gasteiger partial charge is 0.455 e. The molecule has 238 valence electrons. The Morgan fingerprint density at radius 2 is 0.745 bits per heavy atom. The van der Waals surface area contributed by atoms with Crippen LogP contribution in [0.4, 0.5) is 0 Å². The van der Waals surface area contributed by atoms with Gasteiger partial charge >= 0.3 is 0 Å². The number of hydrogen-bond donors (Lipinski definition) is 0. The lowest BCUT2D eigenvalue weighted by atomic mass is 9.85. The number of benzene rings is 9. The molecular weight excluding hydrogens is 617 g/mol. The molecule has 1 aromatic heterocycles. The summed E-state index contributed by atoms with van der Waals surface area (Å²) in [5, 5.41) is 8.54. The van der Waals surface area contributed by atoms with Crippen LogP contribution >= 0.6 is 0 Å². The Kier molecular flexibility index (Phi) is 6.89. The maximum absolute atomic E-state index is 6.84. The third-order valence-corrected chi connectivity index (χ3v) is 10.3. The van der Waals surface area contributed by atoms with E-state index in [-0.39, 0.29) is 0 Å². The Morgan fingerprint density at radius 1 is 0.275 bits per heavy atom. The van der Waals surface area contributed by atoms with Gasteiger partial charge < -0.3 is 4.42 Å². The fraction of sp³-hybridized carbons (Fsp3) is 0. The van der Waals surface area contributed by atoms with Gasteiger partial charge in [-0.2, -0.15) is 0 Å². The molecule has 0 aliphatic rings. The third kappa shape index (κ3) is 4.86. The van der Waals surface area contributed by atoms with Crippen molar-refractivity contribution in [1.82, 2.24) is 0 Å². The number of furan rings is 1. The van der Waals surface area contributed by atoms with Crippen LogP contribution in [0.5, 0.6) is 0 Å². The van der Waals surface area contributed by atoms with Crippen molar-refractivity contribution in [2.24, 2.45) is 0 Å². The van der Waals surface area contributed by atoms with Gasteiger partial charge in [-0.15, -0.1) is 0 Å². The van der Waals surface area contributed by atoms with E-state index in [9.17, 15) is 0 Å². The smallest absolute Gasteiger partial charge is 0.143 e. The van der Waals surface area contributed by atoms with E-state index in [0.717, 1.165) is 33.4 Å².